The lowest BCUT2D eigenvalue weighted by Gasteiger charge is -2.18. The van der Waals surface area contributed by atoms with Crippen LogP contribution in [0.1, 0.15) is 33.3 Å². The van der Waals surface area contributed by atoms with E-state index in [1.165, 1.54) is 0 Å². The van der Waals surface area contributed by atoms with E-state index in [1.54, 1.807) is 0 Å². The molecule has 0 aliphatic rings. The highest BCUT2D eigenvalue weighted by molar-refractivity contribution is 5.77. The minimum atomic E-state index is -0.0956. The fraction of sp³-hybridized carbons (Fsp3) is 0.562. The first kappa shape index (κ1) is 16.5. The van der Waals surface area contributed by atoms with E-state index in [-0.39, 0.29) is 24.6 Å². The summed E-state index contributed by atoms with van der Waals surface area (Å²) >= 11 is 0. The second-order valence-corrected chi connectivity index (χ2v) is 5.68. The summed E-state index contributed by atoms with van der Waals surface area (Å²) in [5.74, 6) is 1.04. The van der Waals surface area contributed by atoms with Crippen LogP contribution in [-0.4, -0.2) is 24.6 Å². The van der Waals surface area contributed by atoms with Crippen LogP contribution in [0.5, 0.6) is 5.75 Å². The van der Waals surface area contributed by atoms with Gasteiger partial charge in [-0.1, -0.05) is 32.0 Å². The van der Waals surface area contributed by atoms with Gasteiger partial charge in [-0.2, -0.15) is 0 Å². The number of amides is 1. The molecular formula is C16H26N2O2. The monoisotopic (exact) mass is 278 g/mol. The molecule has 0 heterocycles. The molecule has 0 saturated carbocycles. The smallest absolute Gasteiger partial charge is 0.258 e. The number of nitrogens with one attached hydrogen (secondary N) is 1. The van der Waals surface area contributed by atoms with Gasteiger partial charge in [-0.15, -0.1) is 0 Å². The molecule has 1 amide bonds. The second kappa shape index (κ2) is 7.90. The van der Waals surface area contributed by atoms with Gasteiger partial charge >= 0.3 is 0 Å². The van der Waals surface area contributed by atoms with Crippen molar-refractivity contribution >= 4 is 5.91 Å². The van der Waals surface area contributed by atoms with Crippen LogP contribution in [0.15, 0.2) is 24.3 Å². The van der Waals surface area contributed by atoms with Gasteiger partial charge in [0, 0.05) is 12.1 Å². The maximum absolute atomic E-state index is 11.8. The van der Waals surface area contributed by atoms with Crippen molar-refractivity contribution in [2.24, 2.45) is 11.7 Å². The van der Waals surface area contributed by atoms with Crippen molar-refractivity contribution in [3.05, 3.63) is 29.8 Å². The molecule has 20 heavy (non-hydrogen) atoms. The zero-order valence-electron chi connectivity index (χ0n) is 12.8. The molecule has 3 N–H and O–H groups in total. The first-order valence-corrected chi connectivity index (χ1v) is 7.15. The molecule has 1 aromatic carbocycles. The number of nitrogens with two attached hydrogens (primary N) is 1. The van der Waals surface area contributed by atoms with Crippen molar-refractivity contribution in [1.29, 1.82) is 0 Å². The molecule has 2 atom stereocenters. The van der Waals surface area contributed by atoms with Crippen molar-refractivity contribution < 1.29 is 9.53 Å². The summed E-state index contributed by atoms with van der Waals surface area (Å²) in [5.41, 5.74) is 6.85. The fourth-order valence-corrected chi connectivity index (χ4v) is 1.77. The maximum atomic E-state index is 11.8. The van der Waals surface area contributed by atoms with E-state index >= 15 is 0 Å². The van der Waals surface area contributed by atoms with Crippen LogP contribution in [0, 0.1) is 5.92 Å². The third-order valence-corrected chi connectivity index (χ3v) is 3.26. The number of para-hydroxylation sites is 1. The third kappa shape index (κ3) is 5.61. The summed E-state index contributed by atoms with van der Waals surface area (Å²) in [6.07, 6.45) is 0.736. The van der Waals surface area contributed by atoms with Gasteiger partial charge in [0.2, 0.25) is 0 Å². The molecule has 1 rings (SSSR count). The Labute approximate surface area is 121 Å². The summed E-state index contributed by atoms with van der Waals surface area (Å²) < 4.78 is 5.61. The Balaban J connectivity index is 2.55. The van der Waals surface area contributed by atoms with Crippen LogP contribution in [0.25, 0.3) is 0 Å². The summed E-state index contributed by atoms with van der Waals surface area (Å²) in [5, 5.41) is 2.92. The van der Waals surface area contributed by atoms with Gasteiger partial charge < -0.3 is 15.8 Å². The zero-order valence-corrected chi connectivity index (χ0v) is 12.8. The average molecular weight is 278 g/mol. The van der Waals surface area contributed by atoms with Gasteiger partial charge in [-0.25, -0.2) is 0 Å². The lowest BCUT2D eigenvalue weighted by atomic mass is 10.1. The zero-order chi connectivity index (χ0) is 15.1. The van der Waals surface area contributed by atoms with E-state index in [1.807, 2.05) is 38.1 Å². The van der Waals surface area contributed by atoms with E-state index in [2.05, 4.69) is 19.2 Å². The Kier molecular flexibility index (Phi) is 6.52. The minimum Gasteiger partial charge on any atom is -0.483 e. The van der Waals surface area contributed by atoms with Crippen LogP contribution in [-0.2, 0) is 11.2 Å². The third-order valence-electron chi connectivity index (χ3n) is 3.26. The predicted molar refractivity (Wildman–Crippen MR) is 81.7 cm³/mol. The van der Waals surface area contributed by atoms with Crippen LogP contribution < -0.4 is 15.8 Å². The number of rotatable bonds is 7. The van der Waals surface area contributed by atoms with Crippen molar-refractivity contribution in [3.63, 3.8) is 0 Å². The standard InChI is InChI=1S/C16H26N2O2/c1-11(2)13(4)18-16(19)10-20-15-8-6-5-7-14(15)9-12(3)17/h5-8,11-13H,9-10,17H2,1-4H3,(H,18,19). The van der Waals surface area contributed by atoms with Crippen molar-refractivity contribution in [1.82, 2.24) is 5.32 Å². The topological polar surface area (TPSA) is 64.3 Å². The minimum absolute atomic E-state index is 0.0347. The molecule has 0 saturated heterocycles. The Hall–Kier alpha value is -1.55. The van der Waals surface area contributed by atoms with Gasteiger partial charge in [0.25, 0.3) is 5.91 Å². The molecule has 0 fully saturated rings. The molecule has 0 aliphatic carbocycles. The first-order chi connectivity index (χ1) is 9.40. The van der Waals surface area contributed by atoms with E-state index < -0.39 is 0 Å². The fourth-order valence-electron chi connectivity index (χ4n) is 1.77. The van der Waals surface area contributed by atoms with Gasteiger partial charge in [-0.05, 0) is 37.8 Å². The van der Waals surface area contributed by atoms with Crippen molar-refractivity contribution in [2.75, 3.05) is 6.61 Å². The van der Waals surface area contributed by atoms with Crippen LogP contribution in [0.4, 0.5) is 0 Å². The number of benzene rings is 1. The van der Waals surface area contributed by atoms with Crippen LogP contribution >= 0.6 is 0 Å². The largest absolute Gasteiger partial charge is 0.483 e. The maximum Gasteiger partial charge on any atom is 0.258 e. The molecule has 112 valence electrons. The summed E-state index contributed by atoms with van der Waals surface area (Å²) in [6, 6.07) is 7.91. The summed E-state index contributed by atoms with van der Waals surface area (Å²) in [6.45, 7) is 8.13. The molecule has 1 aromatic rings. The lowest BCUT2D eigenvalue weighted by molar-refractivity contribution is -0.124. The van der Waals surface area contributed by atoms with Crippen molar-refractivity contribution in [2.45, 2.75) is 46.2 Å². The Bertz CT molecular complexity index is 430. The highest BCUT2D eigenvalue weighted by Gasteiger charge is 2.12. The molecule has 2 unspecified atom stereocenters. The summed E-state index contributed by atoms with van der Waals surface area (Å²) in [7, 11) is 0. The van der Waals surface area contributed by atoms with Gasteiger partial charge in [0.1, 0.15) is 5.75 Å². The number of hydrogen-bond acceptors (Lipinski definition) is 3. The van der Waals surface area contributed by atoms with Crippen LogP contribution in [0.3, 0.4) is 0 Å². The highest BCUT2D eigenvalue weighted by Crippen LogP contribution is 2.19. The van der Waals surface area contributed by atoms with E-state index in [4.69, 9.17) is 10.5 Å². The number of ether oxygens (including phenoxy) is 1. The van der Waals surface area contributed by atoms with Gasteiger partial charge in [-0.3, -0.25) is 4.79 Å². The predicted octanol–water partition coefficient (Wildman–Crippen LogP) is 2.12. The molecule has 0 aliphatic heterocycles. The highest BCUT2D eigenvalue weighted by atomic mass is 16.5. The Morgan fingerprint density at radius 2 is 1.90 bits per heavy atom. The van der Waals surface area contributed by atoms with Gasteiger partial charge in [0.15, 0.2) is 6.61 Å². The molecule has 4 heteroatoms. The SMILES string of the molecule is CC(N)Cc1ccccc1OCC(=O)NC(C)C(C)C. The normalized spacial score (nSPS) is 13.9. The number of carbonyl (C=O) groups excluding carboxylic acids is 1. The average Bonchev–Trinajstić information content (AvgIpc) is 2.36. The molecule has 4 nitrogen and oxygen atoms in total. The second-order valence-electron chi connectivity index (χ2n) is 5.68. The first-order valence-electron chi connectivity index (χ1n) is 7.15. The van der Waals surface area contributed by atoms with E-state index in [9.17, 15) is 4.79 Å². The van der Waals surface area contributed by atoms with Crippen molar-refractivity contribution in [3.8, 4) is 5.75 Å². The Morgan fingerprint density at radius 3 is 2.50 bits per heavy atom. The quantitative estimate of drug-likeness (QED) is 0.803. The molecule has 0 bridgehead atoms. The molecular weight excluding hydrogens is 252 g/mol. The van der Waals surface area contributed by atoms with E-state index in [0.717, 1.165) is 17.7 Å². The number of hydrogen-bond donors (Lipinski definition) is 2. The molecule has 0 spiro atoms. The van der Waals surface area contributed by atoms with E-state index in [0.29, 0.717) is 5.92 Å². The molecule has 0 radical (unpaired) electrons. The van der Waals surface area contributed by atoms with Gasteiger partial charge in [0.05, 0.1) is 0 Å². The van der Waals surface area contributed by atoms with Crippen LogP contribution in [0.2, 0.25) is 0 Å². The lowest BCUT2D eigenvalue weighted by Crippen LogP contribution is -2.39. The summed E-state index contributed by atoms with van der Waals surface area (Å²) in [4.78, 5) is 11.8. The number of carbonyl (C=O) groups is 1. The molecule has 0 aromatic heterocycles. The Morgan fingerprint density at radius 1 is 1.25 bits per heavy atom.